The summed E-state index contributed by atoms with van der Waals surface area (Å²) >= 11 is 0. The molecule has 1 amide bonds. The summed E-state index contributed by atoms with van der Waals surface area (Å²) in [6.07, 6.45) is -0.953. The number of aliphatic carboxylic acids is 1. The molecule has 0 aromatic heterocycles. The Hall–Kier alpha value is -1.26. The van der Waals surface area contributed by atoms with Crippen molar-refractivity contribution < 1.29 is 19.4 Å². The maximum Gasteiger partial charge on any atom is 0.408 e. The number of hydrogen-bond donors (Lipinski definition) is 2. The first kappa shape index (κ1) is 10.7. The third-order valence-electron chi connectivity index (χ3n) is 1.05. The molecule has 0 aromatic carbocycles. The van der Waals surface area contributed by atoms with Gasteiger partial charge >= 0.3 is 12.1 Å². The maximum atomic E-state index is 10.8. The van der Waals surface area contributed by atoms with Gasteiger partial charge in [-0.3, -0.25) is 4.79 Å². The van der Waals surface area contributed by atoms with Crippen LogP contribution in [-0.4, -0.2) is 29.3 Å². The quantitative estimate of drug-likeness (QED) is 0.658. The Balaban J connectivity index is 3.77. The molecule has 0 heterocycles. The van der Waals surface area contributed by atoms with Crippen molar-refractivity contribution in [3.63, 3.8) is 0 Å². The molecule has 12 heavy (non-hydrogen) atoms. The number of rotatable bonds is 3. The van der Waals surface area contributed by atoms with Crippen molar-refractivity contribution >= 4 is 12.1 Å². The topological polar surface area (TPSA) is 75.6 Å². The standard InChI is InChI=1S/C7H13NO4/c1-4(2)12-7(11)8-5(3)6(9)10/h4-5H,1-3H3,(H,8,11)(H,9,10)/t5-/m1/s1. The van der Waals surface area contributed by atoms with Crippen LogP contribution >= 0.6 is 0 Å². The van der Waals surface area contributed by atoms with E-state index in [1.54, 1.807) is 13.8 Å². The first-order valence-electron chi connectivity index (χ1n) is 3.63. The van der Waals surface area contributed by atoms with Gasteiger partial charge in [0.05, 0.1) is 6.10 Å². The Morgan fingerprint density at radius 2 is 1.83 bits per heavy atom. The van der Waals surface area contributed by atoms with Crippen LogP contribution < -0.4 is 5.32 Å². The van der Waals surface area contributed by atoms with E-state index in [2.05, 4.69) is 10.1 Å². The Bertz CT molecular complexity index is 178. The zero-order valence-corrected chi connectivity index (χ0v) is 7.33. The van der Waals surface area contributed by atoms with Gasteiger partial charge in [0.2, 0.25) is 0 Å². The molecule has 0 saturated carbocycles. The number of hydrogen-bond acceptors (Lipinski definition) is 3. The van der Waals surface area contributed by atoms with E-state index in [-0.39, 0.29) is 6.10 Å². The Morgan fingerprint density at radius 3 is 2.17 bits per heavy atom. The van der Waals surface area contributed by atoms with Crippen LogP contribution in [0.2, 0.25) is 0 Å². The SMILES string of the molecule is CC(C)OC(=O)N[C@H](C)C(=O)O. The lowest BCUT2D eigenvalue weighted by molar-refractivity contribution is -0.138. The van der Waals surface area contributed by atoms with E-state index in [9.17, 15) is 9.59 Å². The molecule has 0 aliphatic heterocycles. The third kappa shape index (κ3) is 4.54. The average molecular weight is 175 g/mol. The minimum Gasteiger partial charge on any atom is -0.480 e. The molecule has 5 nitrogen and oxygen atoms in total. The second-order valence-electron chi connectivity index (χ2n) is 2.66. The molecule has 0 rings (SSSR count). The number of carbonyl (C=O) groups excluding carboxylic acids is 1. The lowest BCUT2D eigenvalue weighted by Crippen LogP contribution is -2.39. The molecule has 2 N–H and O–H groups in total. The molecule has 0 aliphatic rings. The van der Waals surface area contributed by atoms with Crippen molar-refractivity contribution in [2.75, 3.05) is 0 Å². The fourth-order valence-electron chi connectivity index (χ4n) is 0.487. The van der Waals surface area contributed by atoms with Crippen molar-refractivity contribution in [2.45, 2.75) is 32.9 Å². The average Bonchev–Trinajstić information content (AvgIpc) is 1.84. The molecule has 0 aromatic rings. The van der Waals surface area contributed by atoms with E-state index < -0.39 is 18.1 Å². The van der Waals surface area contributed by atoms with E-state index in [0.29, 0.717) is 0 Å². The summed E-state index contributed by atoms with van der Waals surface area (Å²) < 4.78 is 4.66. The molecule has 0 fully saturated rings. The second-order valence-corrected chi connectivity index (χ2v) is 2.66. The summed E-state index contributed by atoms with van der Waals surface area (Å²) in [7, 11) is 0. The smallest absolute Gasteiger partial charge is 0.408 e. The Morgan fingerprint density at radius 1 is 1.33 bits per heavy atom. The molecule has 0 aliphatic carbocycles. The van der Waals surface area contributed by atoms with Crippen molar-refractivity contribution in [1.82, 2.24) is 5.32 Å². The molecule has 0 radical (unpaired) electrons. The van der Waals surface area contributed by atoms with Crippen molar-refractivity contribution in [1.29, 1.82) is 0 Å². The summed E-state index contributed by atoms with van der Waals surface area (Å²) in [6, 6.07) is -0.920. The van der Waals surface area contributed by atoms with Crippen LogP contribution in [0.25, 0.3) is 0 Å². The van der Waals surface area contributed by atoms with E-state index in [0.717, 1.165) is 0 Å². The normalized spacial score (nSPS) is 12.3. The highest BCUT2D eigenvalue weighted by atomic mass is 16.6. The number of carboxylic acid groups (broad SMARTS) is 1. The maximum absolute atomic E-state index is 10.8. The molecule has 5 heteroatoms. The van der Waals surface area contributed by atoms with E-state index in [4.69, 9.17) is 5.11 Å². The van der Waals surface area contributed by atoms with Crippen LogP contribution in [0.15, 0.2) is 0 Å². The van der Waals surface area contributed by atoms with Gasteiger partial charge in [0.15, 0.2) is 0 Å². The Kier molecular flexibility index (Phi) is 4.10. The van der Waals surface area contributed by atoms with Crippen molar-refractivity contribution in [3.8, 4) is 0 Å². The third-order valence-corrected chi connectivity index (χ3v) is 1.05. The first-order valence-corrected chi connectivity index (χ1v) is 3.63. The molecule has 70 valence electrons. The van der Waals surface area contributed by atoms with Crippen LogP contribution in [0.4, 0.5) is 4.79 Å². The molecular weight excluding hydrogens is 162 g/mol. The second kappa shape index (κ2) is 4.58. The van der Waals surface area contributed by atoms with E-state index in [1.807, 2.05) is 0 Å². The summed E-state index contributed by atoms with van der Waals surface area (Å²) in [5.74, 6) is -1.09. The molecule has 0 spiro atoms. The minimum absolute atomic E-state index is 0.244. The van der Waals surface area contributed by atoms with Crippen LogP contribution in [0.1, 0.15) is 20.8 Å². The summed E-state index contributed by atoms with van der Waals surface area (Å²) in [6.45, 7) is 4.74. The molecule has 1 atom stereocenters. The molecular formula is C7H13NO4. The number of carbonyl (C=O) groups is 2. The van der Waals surface area contributed by atoms with Gasteiger partial charge in [0, 0.05) is 0 Å². The minimum atomic E-state index is -1.09. The Labute approximate surface area is 70.7 Å². The van der Waals surface area contributed by atoms with Crippen LogP contribution in [-0.2, 0) is 9.53 Å². The fraction of sp³-hybridized carbons (Fsp3) is 0.714. The fourth-order valence-corrected chi connectivity index (χ4v) is 0.487. The van der Waals surface area contributed by atoms with Gasteiger partial charge in [-0.25, -0.2) is 4.79 Å². The van der Waals surface area contributed by atoms with Gasteiger partial charge in [0.1, 0.15) is 6.04 Å². The van der Waals surface area contributed by atoms with Crippen LogP contribution in [0.3, 0.4) is 0 Å². The highest BCUT2D eigenvalue weighted by molar-refractivity contribution is 5.79. The predicted molar refractivity (Wildman–Crippen MR) is 41.9 cm³/mol. The van der Waals surface area contributed by atoms with E-state index in [1.165, 1.54) is 6.92 Å². The number of ether oxygens (including phenoxy) is 1. The largest absolute Gasteiger partial charge is 0.480 e. The number of alkyl carbamates (subject to hydrolysis) is 1. The first-order chi connectivity index (χ1) is 5.43. The van der Waals surface area contributed by atoms with Gasteiger partial charge in [-0.15, -0.1) is 0 Å². The van der Waals surface area contributed by atoms with Crippen LogP contribution in [0, 0.1) is 0 Å². The van der Waals surface area contributed by atoms with Crippen LogP contribution in [0.5, 0.6) is 0 Å². The van der Waals surface area contributed by atoms with Gasteiger partial charge in [-0.2, -0.15) is 0 Å². The van der Waals surface area contributed by atoms with Gasteiger partial charge < -0.3 is 15.2 Å². The molecule has 0 saturated heterocycles. The number of nitrogens with one attached hydrogen (secondary N) is 1. The highest BCUT2D eigenvalue weighted by Gasteiger charge is 2.14. The zero-order valence-electron chi connectivity index (χ0n) is 7.33. The summed E-state index contributed by atoms with van der Waals surface area (Å²) in [4.78, 5) is 21.0. The summed E-state index contributed by atoms with van der Waals surface area (Å²) in [5.41, 5.74) is 0. The van der Waals surface area contributed by atoms with Crippen molar-refractivity contribution in [3.05, 3.63) is 0 Å². The monoisotopic (exact) mass is 175 g/mol. The van der Waals surface area contributed by atoms with E-state index >= 15 is 0 Å². The summed E-state index contributed by atoms with van der Waals surface area (Å²) in [5, 5.41) is 10.5. The van der Waals surface area contributed by atoms with Crippen molar-refractivity contribution in [2.24, 2.45) is 0 Å². The van der Waals surface area contributed by atoms with Gasteiger partial charge in [-0.1, -0.05) is 0 Å². The predicted octanol–water partition coefficient (Wildman–Crippen LogP) is 0.594. The van der Waals surface area contributed by atoms with Gasteiger partial charge in [0.25, 0.3) is 0 Å². The number of amides is 1. The number of carboxylic acids is 1. The van der Waals surface area contributed by atoms with Gasteiger partial charge in [-0.05, 0) is 20.8 Å². The lowest BCUT2D eigenvalue weighted by Gasteiger charge is -2.11. The molecule has 0 bridgehead atoms. The lowest BCUT2D eigenvalue weighted by atomic mass is 10.3. The molecule has 0 unspecified atom stereocenters. The highest BCUT2D eigenvalue weighted by Crippen LogP contribution is 1.90. The zero-order chi connectivity index (χ0) is 9.72.